The number of rotatable bonds is 4. The molecule has 0 bridgehead atoms. The molecular formula is C14H17BrN4. The normalized spacial score (nSPS) is 10.5. The second kappa shape index (κ2) is 6.10. The maximum atomic E-state index is 4.62. The summed E-state index contributed by atoms with van der Waals surface area (Å²) in [6.07, 6.45) is 3.74. The average molecular weight is 321 g/mol. The number of hydrogen-bond acceptors (Lipinski definition) is 4. The molecule has 0 fully saturated rings. The zero-order valence-electron chi connectivity index (χ0n) is 11.4. The lowest BCUT2D eigenvalue weighted by Gasteiger charge is -2.10. The van der Waals surface area contributed by atoms with Crippen molar-refractivity contribution < 1.29 is 0 Å². The number of pyridine rings is 1. The van der Waals surface area contributed by atoms with E-state index >= 15 is 0 Å². The van der Waals surface area contributed by atoms with E-state index in [2.05, 4.69) is 43.1 Å². The van der Waals surface area contributed by atoms with Crippen LogP contribution >= 0.6 is 15.9 Å². The summed E-state index contributed by atoms with van der Waals surface area (Å²) < 4.78 is 0.938. The van der Waals surface area contributed by atoms with Crippen LogP contribution in [0.5, 0.6) is 0 Å². The van der Waals surface area contributed by atoms with Gasteiger partial charge in [0.15, 0.2) is 5.82 Å². The van der Waals surface area contributed by atoms with Crippen LogP contribution in [0.3, 0.4) is 0 Å². The average Bonchev–Trinajstić information content (AvgIpc) is 2.41. The monoisotopic (exact) mass is 320 g/mol. The van der Waals surface area contributed by atoms with Crippen LogP contribution in [-0.4, -0.2) is 22.0 Å². The summed E-state index contributed by atoms with van der Waals surface area (Å²) in [6.45, 7) is 4.17. The Morgan fingerprint density at radius 1 is 1.32 bits per heavy atom. The minimum atomic E-state index is 0.666. The quantitative estimate of drug-likeness (QED) is 0.935. The van der Waals surface area contributed by atoms with Crippen molar-refractivity contribution in [1.29, 1.82) is 0 Å². The highest BCUT2D eigenvalue weighted by Crippen LogP contribution is 2.27. The Balaban J connectivity index is 2.54. The van der Waals surface area contributed by atoms with Crippen LogP contribution in [0.1, 0.15) is 24.6 Å². The van der Waals surface area contributed by atoms with E-state index in [4.69, 9.17) is 0 Å². The van der Waals surface area contributed by atoms with Crippen molar-refractivity contribution in [2.24, 2.45) is 0 Å². The third kappa shape index (κ3) is 3.10. The SMILES string of the molecule is CCCc1nc(-c2cc(C)ccn2)nc(NC)c1Br. The van der Waals surface area contributed by atoms with Crippen molar-refractivity contribution in [3.05, 3.63) is 34.1 Å². The van der Waals surface area contributed by atoms with Gasteiger partial charge >= 0.3 is 0 Å². The van der Waals surface area contributed by atoms with Gasteiger partial charge in [-0.3, -0.25) is 4.98 Å². The van der Waals surface area contributed by atoms with E-state index < -0.39 is 0 Å². The van der Waals surface area contributed by atoms with Crippen LogP contribution in [0.15, 0.2) is 22.8 Å². The third-order valence-corrected chi connectivity index (χ3v) is 3.62. The molecular weight excluding hydrogens is 304 g/mol. The number of halogens is 1. The molecule has 0 saturated carbocycles. The Bertz CT molecular complexity index is 584. The molecule has 0 spiro atoms. The van der Waals surface area contributed by atoms with Crippen LogP contribution in [-0.2, 0) is 6.42 Å². The number of anilines is 1. The summed E-state index contributed by atoms with van der Waals surface area (Å²) in [5, 5.41) is 3.09. The largest absolute Gasteiger partial charge is 0.372 e. The fourth-order valence-corrected chi connectivity index (χ4v) is 2.41. The van der Waals surface area contributed by atoms with Gasteiger partial charge in [0.2, 0.25) is 0 Å². The lowest BCUT2D eigenvalue weighted by atomic mass is 10.2. The zero-order valence-corrected chi connectivity index (χ0v) is 13.0. The van der Waals surface area contributed by atoms with Crippen LogP contribution < -0.4 is 5.32 Å². The number of aromatic nitrogens is 3. The van der Waals surface area contributed by atoms with Crippen LogP contribution in [0, 0.1) is 6.92 Å². The first-order chi connectivity index (χ1) is 9.15. The number of nitrogens with zero attached hydrogens (tertiary/aromatic N) is 3. The van der Waals surface area contributed by atoms with Crippen molar-refractivity contribution in [1.82, 2.24) is 15.0 Å². The lowest BCUT2D eigenvalue weighted by Crippen LogP contribution is -2.04. The number of nitrogens with one attached hydrogen (secondary N) is 1. The van der Waals surface area contributed by atoms with E-state index in [1.807, 2.05) is 26.1 Å². The van der Waals surface area contributed by atoms with Gasteiger partial charge in [0.05, 0.1) is 10.2 Å². The minimum absolute atomic E-state index is 0.666. The predicted octanol–water partition coefficient (Wildman–Crippen LogP) is 3.60. The third-order valence-electron chi connectivity index (χ3n) is 2.79. The molecule has 5 heteroatoms. The van der Waals surface area contributed by atoms with E-state index in [1.165, 1.54) is 0 Å². The van der Waals surface area contributed by atoms with E-state index in [0.717, 1.165) is 40.1 Å². The maximum absolute atomic E-state index is 4.62. The molecule has 100 valence electrons. The Labute approximate surface area is 121 Å². The van der Waals surface area contributed by atoms with E-state index in [1.54, 1.807) is 6.20 Å². The molecule has 0 aliphatic heterocycles. The second-order valence-electron chi connectivity index (χ2n) is 4.37. The number of hydrogen-bond donors (Lipinski definition) is 1. The molecule has 0 aromatic carbocycles. The van der Waals surface area contributed by atoms with E-state index in [0.29, 0.717) is 5.82 Å². The van der Waals surface area contributed by atoms with E-state index in [-0.39, 0.29) is 0 Å². The molecule has 0 unspecified atom stereocenters. The standard InChI is InChI=1S/C14H17BrN4/c1-4-5-10-12(15)14(16-3)19-13(18-10)11-8-9(2)6-7-17-11/h6-8H,4-5H2,1-3H3,(H,16,18,19). The van der Waals surface area contributed by atoms with Gasteiger partial charge < -0.3 is 5.32 Å². The highest BCUT2D eigenvalue weighted by atomic mass is 79.9. The predicted molar refractivity (Wildman–Crippen MR) is 81.2 cm³/mol. The molecule has 0 atom stereocenters. The Morgan fingerprint density at radius 2 is 2.11 bits per heavy atom. The van der Waals surface area contributed by atoms with Gasteiger partial charge in [-0.2, -0.15) is 0 Å². The topological polar surface area (TPSA) is 50.7 Å². The molecule has 0 radical (unpaired) electrons. The summed E-state index contributed by atoms with van der Waals surface area (Å²) in [4.78, 5) is 13.5. The smallest absolute Gasteiger partial charge is 0.180 e. The van der Waals surface area contributed by atoms with Gasteiger partial charge in [0, 0.05) is 13.2 Å². The molecule has 4 nitrogen and oxygen atoms in total. The van der Waals surface area contributed by atoms with Gasteiger partial charge in [-0.25, -0.2) is 9.97 Å². The van der Waals surface area contributed by atoms with Crippen LogP contribution in [0.2, 0.25) is 0 Å². The van der Waals surface area contributed by atoms with Crippen LogP contribution in [0.25, 0.3) is 11.5 Å². The van der Waals surface area contributed by atoms with Crippen LogP contribution in [0.4, 0.5) is 5.82 Å². The minimum Gasteiger partial charge on any atom is -0.372 e. The zero-order chi connectivity index (χ0) is 13.8. The molecule has 2 rings (SSSR count). The lowest BCUT2D eigenvalue weighted by molar-refractivity contribution is 0.867. The first-order valence-corrected chi connectivity index (χ1v) is 7.12. The molecule has 0 saturated heterocycles. The molecule has 19 heavy (non-hydrogen) atoms. The van der Waals surface area contributed by atoms with Crippen molar-refractivity contribution in [2.45, 2.75) is 26.7 Å². The Hall–Kier alpha value is -1.49. The first kappa shape index (κ1) is 13.9. The summed E-state index contributed by atoms with van der Waals surface area (Å²) >= 11 is 3.56. The molecule has 1 N–H and O–H groups in total. The molecule has 0 amide bonds. The van der Waals surface area contributed by atoms with Crippen molar-refractivity contribution in [3.63, 3.8) is 0 Å². The van der Waals surface area contributed by atoms with Crippen molar-refractivity contribution >= 4 is 21.7 Å². The second-order valence-corrected chi connectivity index (χ2v) is 5.17. The van der Waals surface area contributed by atoms with Gasteiger partial charge in [-0.05, 0) is 47.0 Å². The van der Waals surface area contributed by atoms with Gasteiger partial charge in [-0.1, -0.05) is 13.3 Å². The molecule has 2 aromatic heterocycles. The van der Waals surface area contributed by atoms with Gasteiger partial charge in [0.25, 0.3) is 0 Å². The Kier molecular flexibility index (Phi) is 4.47. The van der Waals surface area contributed by atoms with Gasteiger partial charge in [0.1, 0.15) is 11.5 Å². The highest BCUT2D eigenvalue weighted by molar-refractivity contribution is 9.10. The van der Waals surface area contributed by atoms with Crippen molar-refractivity contribution in [2.75, 3.05) is 12.4 Å². The van der Waals surface area contributed by atoms with E-state index in [9.17, 15) is 0 Å². The number of aryl methyl sites for hydroxylation is 2. The van der Waals surface area contributed by atoms with Gasteiger partial charge in [-0.15, -0.1) is 0 Å². The highest BCUT2D eigenvalue weighted by Gasteiger charge is 2.12. The molecule has 2 aromatic rings. The first-order valence-electron chi connectivity index (χ1n) is 6.33. The Morgan fingerprint density at radius 3 is 2.74 bits per heavy atom. The molecule has 0 aliphatic carbocycles. The molecule has 2 heterocycles. The maximum Gasteiger partial charge on any atom is 0.180 e. The molecule has 0 aliphatic rings. The fraction of sp³-hybridized carbons (Fsp3) is 0.357. The summed E-state index contributed by atoms with van der Waals surface area (Å²) in [6, 6.07) is 3.96. The summed E-state index contributed by atoms with van der Waals surface area (Å²) in [5.41, 5.74) is 2.97. The summed E-state index contributed by atoms with van der Waals surface area (Å²) in [7, 11) is 1.86. The van der Waals surface area contributed by atoms with Crippen molar-refractivity contribution in [3.8, 4) is 11.5 Å². The fourth-order valence-electron chi connectivity index (χ4n) is 1.83. The summed E-state index contributed by atoms with van der Waals surface area (Å²) in [5.74, 6) is 1.47.